The molecule has 0 aliphatic heterocycles. The molecule has 0 unspecified atom stereocenters. The average molecular weight is 231 g/mol. The van der Waals surface area contributed by atoms with Crippen molar-refractivity contribution in [2.75, 3.05) is 0 Å². The van der Waals surface area contributed by atoms with Crippen molar-refractivity contribution in [3.63, 3.8) is 0 Å². The Balaban J connectivity index is 2.29. The molecule has 0 aliphatic carbocycles. The monoisotopic (exact) mass is 231 g/mol. The van der Waals surface area contributed by atoms with E-state index in [1.807, 2.05) is 0 Å². The van der Waals surface area contributed by atoms with Crippen LogP contribution in [0.2, 0.25) is 0 Å². The van der Waals surface area contributed by atoms with Gasteiger partial charge in [-0.3, -0.25) is 0 Å². The Morgan fingerprint density at radius 3 is 2.47 bits per heavy atom. The molecule has 0 spiro atoms. The van der Waals surface area contributed by atoms with Crippen molar-refractivity contribution in [1.82, 2.24) is 0 Å². The SMILES string of the molecule is O=C(O)c1ccc(-c2ccc(/C=N\O)o2)cc1. The van der Waals surface area contributed by atoms with Crippen molar-refractivity contribution < 1.29 is 19.5 Å². The molecule has 1 aromatic carbocycles. The molecule has 0 saturated heterocycles. The molecule has 86 valence electrons. The predicted octanol–water partition coefficient (Wildman–Crippen LogP) is 2.45. The lowest BCUT2D eigenvalue weighted by molar-refractivity contribution is 0.0697. The lowest BCUT2D eigenvalue weighted by Crippen LogP contribution is -1.94. The highest BCUT2D eigenvalue weighted by molar-refractivity contribution is 5.88. The third kappa shape index (κ3) is 2.34. The van der Waals surface area contributed by atoms with Crippen LogP contribution in [0.15, 0.2) is 46.0 Å². The molecule has 1 heterocycles. The second kappa shape index (κ2) is 4.52. The van der Waals surface area contributed by atoms with Gasteiger partial charge in [-0.1, -0.05) is 17.3 Å². The number of hydrogen-bond donors (Lipinski definition) is 2. The Kier molecular flexibility index (Phi) is 2.91. The van der Waals surface area contributed by atoms with Gasteiger partial charge in [-0.05, 0) is 24.3 Å². The molecule has 0 bridgehead atoms. The summed E-state index contributed by atoms with van der Waals surface area (Å²) in [6.07, 6.45) is 1.18. The summed E-state index contributed by atoms with van der Waals surface area (Å²) in [6, 6.07) is 9.68. The molecule has 2 rings (SSSR count). The highest BCUT2D eigenvalue weighted by Gasteiger charge is 2.06. The van der Waals surface area contributed by atoms with Gasteiger partial charge in [-0.25, -0.2) is 4.79 Å². The number of carbonyl (C=O) groups is 1. The van der Waals surface area contributed by atoms with E-state index >= 15 is 0 Å². The summed E-state index contributed by atoms with van der Waals surface area (Å²) in [6.45, 7) is 0. The molecule has 0 amide bonds. The fraction of sp³-hybridized carbons (Fsp3) is 0. The van der Waals surface area contributed by atoms with Crippen molar-refractivity contribution >= 4 is 12.2 Å². The molecule has 2 aromatic rings. The van der Waals surface area contributed by atoms with Crippen LogP contribution in [0.25, 0.3) is 11.3 Å². The Bertz CT molecular complexity index is 554. The Morgan fingerprint density at radius 1 is 1.18 bits per heavy atom. The normalized spacial score (nSPS) is 10.8. The van der Waals surface area contributed by atoms with Crippen molar-refractivity contribution in [3.8, 4) is 11.3 Å². The maximum absolute atomic E-state index is 10.7. The highest BCUT2D eigenvalue weighted by Crippen LogP contribution is 2.21. The minimum absolute atomic E-state index is 0.220. The van der Waals surface area contributed by atoms with Crippen LogP contribution in [0.4, 0.5) is 0 Å². The van der Waals surface area contributed by atoms with Gasteiger partial charge in [0.05, 0.1) is 5.56 Å². The quantitative estimate of drug-likeness (QED) is 0.482. The molecule has 5 heteroatoms. The molecule has 0 atom stereocenters. The van der Waals surface area contributed by atoms with Crippen LogP contribution in [0.3, 0.4) is 0 Å². The first-order valence-electron chi connectivity index (χ1n) is 4.81. The maximum Gasteiger partial charge on any atom is 0.335 e. The average Bonchev–Trinajstić information content (AvgIpc) is 2.78. The smallest absolute Gasteiger partial charge is 0.335 e. The van der Waals surface area contributed by atoms with Crippen LogP contribution in [-0.2, 0) is 0 Å². The first-order chi connectivity index (χ1) is 8.20. The first-order valence-corrected chi connectivity index (χ1v) is 4.81. The predicted molar refractivity (Wildman–Crippen MR) is 60.5 cm³/mol. The highest BCUT2D eigenvalue weighted by atomic mass is 16.4. The Labute approximate surface area is 96.6 Å². The van der Waals surface area contributed by atoms with E-state index in [1.54, 1.807) is 24.3 Å². The molecule has 1 aromatic heterocycles. The van der Waals surface area contributed by atoms with E-state index in [1.165, 1.54) is 18.3 Å². The Morgan fingerprint density at radius 2 is 1.88 bits per heavy atom. The van der Waals surface area contributed by atoms with Crippen LogP contribution >= 0.6 is 0 Å². The van der Waals surface area contributed by atoms with Gasteiger partial charge in [-0.2, -0.15) is 0 Å². The van der Waals surface area contributed by atoms with Crippen molar-refractivity contribution in [1.29, 1.82) is 0 Å². The summed E-state index contributed by atoms with van der Waals surface area (Å²) >= 11 is 0. The fourth-order valence-electron chi connectivity index (χ4n) is 1.41. The van der Waals surface area contributed by atoms with Gasteiger partial charge in [0.15, 0.2) is 0 Å². The van der Waals surface area contributed by atoms with Crippen LogP contribution < -0.4 is 0 Å². The molecular weight excluding hydrogens is 222 g/mol. The molecule has 0 radical (unpaired) electrons. The number of nitrogens with zero attached hydrogens (tertiary/aromatic N) is 1. The Hall–Kier alpha value is -2.56. The fourth-order valence-corrected chi connectivity index (χ4v) is 1.41. The van der Waals surface area contributed by atoms with Crippen LogP contribution in [0.5, 0.6) is 0 Å². The zero-order chi connectivity index (χ0) is 12.3. The van der Waals surface area contributed by atoms with Crippen molar-refractivity contribution in [2.24, 2.45) is 5.16 Å². The molecule has 0 fully saturated rings. The van der Waals surface area contributed by atoms with E-state index in [-0.39, 0.29) is 5.56 Å². The molecule has 17 heavy (non-hydrogen) atoms. The molecule has 2 N–H and O–H groups in total. The molecule has 5 nitrogen and oxygen atoms in total. The summed E-state index contributed by atoms with van der Waals surface area (Å²) in [4.78, 5) is 10.7. The number of carboxylic acids is 1. The van der Waals surface area contributed by atoms with Crippen LogP contribution in [-0.4, -0.2) is 22.5 Å². The summed E-state index contributed by atoms with van der Waals surface area (Å²) < 4.78 is 5.35. The zero-order valence-electron chi connectivity index (χ0n) is 8.70. The maximum atomic E-state index is 10.7. The van der Waals surface area contributed by atoms with Crippen LogP contribution in [0.1, 0.15) is 16.1 Å². The lowest BCUT2D eigenvalue weighted by Gasteiger charge is -1.97. The molecule has 0 saturated carbocycles. The number of carboxylic acid groups (broad SMARTS) is 1. The third-order valence-corrected chi connectivity index (χ3v) is 2.23. The number of hydrogen-bond acceptors (Lipinski definition) is 4. The van der Waals surface area contributed by atoms with Gasteiger partial charge in [0.1, 0.15) is 17.7 Å². The second-order valence-electron chi connectivity index (χ2n) is 3.33. The van der Waals surface area contributed by atoms with E-state index < -0.39 is 5.97 Å². The second-order valence-corrected chi connectivity index (χ2v) is 3.33. The molecular formula is C12H9NO4. The zero-order valence-corrected chi connectivity index (χ0v) is 8.70. The van der Waals surface area contributed by atoms with E-state index in [4.69, 9.17) is 14.7 Å². The van der Waals surface area contributed by atoms with Gasteiger partial charge in [0, 0.05) is 5.56 Å². The molecule has 0 aliphatic rings. The number of oxime groups is 1. The number of benzene rings is 1. The van der Waals surface area contributed by atoms with Crippen molar-refractivity contribution in [2.45, 2.75) is 0 Å². The summed E-state index contributed by atoms with van der Waals surface area (Å²) in [5.41, 5.74) is 0.977. The van der Waals surface area contributed by atoms with Gasteiger partial charge in [0.25, 0.3) is 0 Å². The van der Waals surface area contributed by atoms with Crippen LogP contribution in [0, 0.1) is 0 Å². The topological polar surface area (TPSA) is 83.0 Å². The minimum atomic E-state index is -0.968. The number of furan rings is 1. The largest absolute Gasteiger partial charge is 0.478 e. The van der Waals surface area contributed by atoms with Crippen molar-refractivity contribution in [3.05, 3.63) is 47.7 Å². The van der Waals surface area contributed by atoms with Gasteiger partial charge >= 0.3 is 5.97 Å². The van der Waals surface area contributed by atoms with E-state index in [0.717, 1.165) is 5.56 Å². The van der Waals surface area contributed by atoms with E-state index in [9.17, 15) is 4.79 Å². The van der Waals surface area contributed by atoms with Gasteiger partial charge in [0.2, 0.25) is 0 Å². The van der Waals surface area contributed by atoms with Gasteiger partial charge in [-0.15, -0.1) is 0 Å². The lowest BCUT2D eigenvalue weighted by atomic mass is 10.1. The standard InChI is InChI=1S/C12H9NO4/c14-12(15)9-3-1-8(2-4-9)11-6-5-10(17-11)7-13-16/h1-7,16H,(H,14,15)/b13-7-. The minimum Gasteiger partial charge on any atom is -0.478 e. The van der Waals surface area contributed by atoms with E-state index in [0.29, 0.717) is 11.5 Å². The third-order valence-electron chi connectivity index (χ3n) is 2.23. The number of rotatable bonds is 3. The number of aromatic carboxylic acids is 1. The summed E-state index contributed by atoms with van der Waals surface area (Å²) in [7, 11) is 0. The van der Waals surface area contributed by atoms with E-state index in [2.05, 4.69) is 5.16 Å². The summed E-state index contributed by atoms with van der Waals surface area (Å²) in [5.74, 6) is 0.0331. The first kappa shape index (κ1) is 10.9. The summed E-state index contributed by atoms with van der Waals surface area (Å²) in [5, 5.41) is 19.9. The van der Waals surface area contributed by atoms with Gasteiger partial charge < -0.3 is 14.7 Å².